The molecule has 0 saturated heterocycles. The van der Waals surface area contributed by atoms with E-state index in [0.717, 1.165) is 45.8 Å². The van der Waals surface area contributed by atoms with E-state index in [1.54, 1.807) is 51.7 Å². The zero-order chi connectivity index (χ0) is 91.7. The summed E-state index contributed by atoms with van der Waals surface area (Å²) in [5.74, 6) is 1.00. The van der Waals surface area contributed by atoms with Crippen LogP contribution in [-0.4, -0.2) is 22.2 Å². The van der Waals surface area contributed by atoms with E-state index in [2.05, 4.69) is 79.1 Å². The van der Waals surface area contributed by atoms with Gasteiger partial charge in [-0.2, -0.15) is 18.2 Å². The Kier molecular flexibility index (Phi) is 10.9. The summed E-state index contributed by atoms with van der Waals surface area (Å²) in [5.41, 5.74) is 5.76. The third-order valence-corrected chi connectivity index (χ3v) is 24.6. The van der Waals surface area contributed by atoms with Gasteiger partial charge in [-0.1, -0.05) is 274 Å². The van der Waals surface area contributed by atoms with Gasteiger partial charge in [-0.15, -0.1) is 29.7 Å². The number of rotatable bonds is 10. The first-order valence-electron chi connectivity index (χ1n) is 46.6. The number of nitrogens with zero attached hydrogens (tertiary/aromatic N) is 4. The minimum atomic E-state index is -6.43. The Bertz CT molecular complexity index is 7030. The molecule has 0 spiro atoms. The quantitative estimate of drug-likeness (QED) is 0.0592. The van der Waals surface area contributed by atoms with Gasteiger partial charge < -0.3 is 13.9 Å². The molecule has 103 heavy (non-hydrogen) atoms. The van der Waals surface area contributed by atoms with Crippen LogP contribution in [0, 0.1) is 32.2 Å². The number of hydrogen-bond acceptors (Lipinski definition) is 2. The van der Waals surface area contributed by atoms with Crippen molar-refractivity contribution >= 4 is 61.7 Å². The van der Waals surface area contributed by atoms with Crippen LogP contribution in [0.4, 0.5) is 0 Å². The van der Waals surface area contributed by atoms with Gasteiger partial charge in [0.1, 0.15) is 5.82 Å². The molecule has 1 aliphatic heterocycles. The standard InChI is InChI=1S/C96H84N4OSi.Pt/c1-62-29-26-30-63(2)90(62)83-55-67(94(6,7)8)54-82-80-60-85-84(95(9,10)48-49-96(85,11)12)59-79(80)75-41-22-23-42-76(75)81-52-65(64-31-27-40-74(51-64)102(71-34-16-13-17-35-71,72-36-18-14-19-37-72)73-38-20-15-21-39-73)53-88-92(81)99(91(82)83)61-98(88)68-32-28-33-69(57-68)101-70-45-46-78-77-43-24-25-44-86(77)100(87(78)58-70)89-56-66(47-50-97-89)93(3,4)5;/h13-47,50-56,59-60H,48-49H2,1-12H3;/q-2;/i1D3,2D3,13D,14D,15D,16D,17D,18D,19D,20D,21D,27D,31D,34D,35D,36D,37D,38D,39D,40D,51D;. The Morgan fingerprint density at radius 1 is 0.505 bits per heavy atom. The maximum Gasteiger partial charge on any atom is 0.268 e. The van der Waals surface area contributed by atoms with Crippen molar-refractivity contribution in [1.82, 2.24) is 14.1 Å². The monoisotopic (exact) mass is 1560 g/mol. The van der Waals surface area contributed by atoms with E-state index < -0.39 is 179 Å². The van der Waals surface area contributed by atoms with E-state index >= 15 is 0 Å². The third-order valence-electron chi connectivity index (χ3n) is 20.6. The molecular formula is C96H84N4OPtSi-2. The summed E-state index contributed by atoms with van der Waals surface area (Å²) in [6.07, 6.45) is 7.06. The van der Waals surface area contributed by atoms with Crippen LogP contribution in [-0.2, 0) is 42.7 Å². The van der Waals surface area contributed by atoms with E-state index in [9.17, 15) is 30.2 Å². The Labute approximate surface area is 657 Å². The average Bonchev–Trinajstić information content (AvgIpc) is 0.878. The van der Waals surface area contributed by atoms with Gasteiger partial charge in [-0.25, -0.2) is 4.98 Å². The minimum Gasteiger partial charge on any atom is -0.510 e. The number of aromatic nitrogens is 4. The normalized spacial score (nSPS) is 17.5. The number of hydrogen-bond donors (Lipinski definition) is 0. The fourth-order valence-corrected chi connectivity index (χ4v) is 18.7. The molecule has 0 unspecified atom stereocenters. The molecule has 12 aromatic carbocycles. The molecule has 2 aliphatic rings. The third kappa shape index (κ3) is 11.3. The van der Waals surface area contributed by atoms with Crippen LogP contribution in [0.2, 0.25) is 0 Å². The number of fused-ring (bicyclic) bond motifs is 11. The maximum absolute atomic E-state index is 11.3. The van der Waals surface area contributed by atoms with E-state index in [0.29, 0.717) is 44.7 Å². The first-order valence-corrected chi connectivity index (χ1v) is 36.1. The number of pyridine rings is 1. The second kappa shape index (κ2) is 25.3. The van der Waals surface area contributed by atoms with Gasteiger partial charge in [0.15, 0.2) is 8.07 Å². The van der Waals surface area contributed by atoms with Gasteiger partial charge in [0.05, 0.1) is 42.8 Å². The number of ether oxygens (including phenoxy) is 1. The summed E-state index contributed by atoms with van der Waals surface area (Å²) in [6.45, 7) is 15.2. The predicted molar refractivity (Wildman–Crippen MR) is 426 cm³/mol. The molecule has 0 saturated carbocycles. The van der Waals surface area contributed by atoms with E-state index in [-0.39, 0.29) is 93.8 Å². The maximum atomic E-state index is 11.3. The fraction of sp³-hybridized carbons (Fsp3) is 0.188. The van der Waals surface area contributed by atoms with E-state index in [1.165, 1.54) is 24.3 Å². The summed E-state index contributed by atoms with van der Waals surface area (Å²) in [4.78, 5) is 4.89. The summed E-state index contributed by atoms with van der Waals surface area (Å²) in [5, 5.41) is -2.27. The molecule has 510 valence electrons. The molecule has 3 aromatic heterocycles. The molecule has 0 atom stereocenters. The SMILES string of the molecule is [2H]c1c([2H])c([2H])c([Si](c2c([2H])c([2H])c([2H])c([2H])c2[2H])(c2c([2H])c([2H])c([2H])c([2H])c2[2H])c2c([2H])c([2H])c([2H])c(-c3cc4c5c(c3)n(-c3[c-]c(Oc6[c-]c7c(cc6)c6ccccc6n7-c6cc(C(C)(C)C)ccn6)ccc3)[c-][n+]5-c3c(cc(C(C)(C)C)cc3-c3c(C([2H])([2H])[2H])cccc3C([2H])([2H])[2H])-c3cc5c(cc3-c3ccccc3-4)C(C)(C)CCC5(C)C)c2[2H])c([2H])c1[2H].[Pt]. The van der Waals surface area contributed by atoms with Crippen LogP contribution in [0.25, 0.3) is 106 Å². The number of imidazole rings is 1. The first-order chi connectivity index (χ1) is 59.4. The van der Waals surface area contributed by atoms with Crippen LogP contribution in [0.5, 0.6) is 11.5 Å². The van der Waals surface area contributed by atoms with Gasteiger partial charge in [-0.05, 0) is 199 Å². The van der Waals surface area contributed by atoms with Crippen molar-refractivity contribution in [3.63, 3.8) is 0 Å². The second-order valence-electron chi connectivity index (χ2n) is 29.9. The molecule has 0 amide bonds. The summed E-state index contributed by atoms with van der Waals surface area (Å²) in [7, 11) is -6.43. The Balaban J connectivity index is 0.0000120. The minimum absolute atomic E-state index is 0. The van der Waals surface area contributed by atoms with Gasteiger partial charge in [0.25, 0.3) is 6.33 Å². The Morgan fingerprint density at radius 2 is 1.09 bits per heavy atom. The van der Waals surface area contributed by atoms with E-state index in [4.69, 9.17) is 13.8 Å². The number of para-hydroxylation sites is 1. The van der Waals surface area contributed by atoms with Crippen molar-refractivity contribution in [1.29, 1.82) is 0 Å². The Hall–Kier alpha value is -10.2. The molecule has 0 fully saturated rings. The van der Waals surface area contributed by atoms with Crippen LogP contribution in [0.1, 0.15) is 150 Å². The van der Waals surface area contributed by atoms with Crippen molar-refractivity contribution in [2.45, 2.75) is 117 Å². The topological polar surface area (TPSA) is 35.9 Å². The molecular weight excluding hydrogens is 1450 g/mol. The zero-order valence-electron chi connectivity index (χ0n) is 83.4. The molecule has 0 radical (unpaired) electrons. The van der Waals surface area contributed by atoms with Crippen molar-refractivity contribution in [2.24, 2.45) is 0 Å². The molecule has 0 bridgehead atoms. The van der Waals surface area contributed by atoms with Gasteiger partial charge >= 0.3 is 0 Å². The molecule has 17 rings (SSSR count). The largest absolute Gasteiger partial charge is 0.510 e. The van der Waals surface area contributed by atoms with Crippen molar-refractivity contribution in [3.8, 4) is 84.3 Å². The van der Waals surface area contributed by atoms with E-state index in [1.807, 2.05) is 98.1 Å². The smallest absolute Gasteiger partial charge is 0.268 e. The Morgan fingerprint density at radius 3 is 1.73 bits per heavy atom. The van der Waals surface area contributed by atoms with Crippen LogP contribution < -0.4 is 30.1 Å². The average molecular weight is 1560 g/mol. The predicted octanol–water partition coefficient (Wildman–Crippen LogP) is 21.2. The molecule has 1 aliphatic carbocycles. The molecule has 0 N–H and O–H groups in total. The fourth-order valence-electron chi connectivity index (χ4n) is 15.1. The van der Waals surface area contributed by atoms with Gasteiger partial charge in [0.2, 0.25) is 0 Å². The molecule has 5 nitrogen and oxygen atoms in total. The van der Waals surface area contributed by atoms with Crippen molar-refractivity contribution < 1.29 is 64.6 Å². The van der Waals surface area contributed by atoms with Gasteiger partial charge in [0, 0.05) is 52.5 Å². The first kappa shape index (κ1) is 44.3. The van der Waals surface area contributed by atoms with Crippen LogP contribution in [0.3, 0.4) is 0 Å². The summed E-state index contributed by atoms with van der Waals surface area (Å²) in [6, 6.07) is 29.9. The molecule has 7 heteroatoms. The van der Waals surface area contributed by atoms with Gasteiger partial charge in [-0.3, -0.25) is 4.57 Å². The summed E-state index contributed by atoms with van der Waals surface area (Å²) >= 11 is 0. The number of aryl methyl sites for hydroxylation is 2. The van der Waals surface area contributed by atoms with Crippen LogP contribution >= 0.6 is 0 Å². The molecule has 15 aromatic rings. The van der Waals surface area contributed by atoms with Crippen molar-refractivity contribution in [3.05, 3.63) is 318 Å². The summed E-state index contributed by atoms with van der Waals surface area (Å²) < 4.78 is 254. The van der Waals surface area contributed by atoms with Crippen molar-refractivity contribution in [2.75, 3.05) is 0 Å². The zero-order valence-corrected chi connectivity index (χ0v) is 61.6. The van der Waals surface area contributed by atoms with Crippen LogP contribution in [0.15, 0.2) is 267 Å². The second-order valence-corrected chi connectivity index (χ2v) is 33.4. The molecule has 4 heterocycles. The number of benzene rings is 12.